The van der Waals surface area contributed by atoms with Gasteiger partial charge < -0.3 is 0 Å². The van der Waals surface area contributed by atoms with Gasteiger partial charge in [-0.1, -0.05) is 48.7 Å². The van der Waals surface area contributed by atoms with Crippen LogP contribution in [0, 0.1) is 11.3 Å². The Hall–Kier alpha value is -1.21. The Kier molecular flexibility index (Phi) is 4.05. The molecule has 0 fully saturated rings. The van der Waals surface area contributed by atoms with Crippen molar-refractivity contribution in [3.05, 3.63) is 44.7 Å². The van der Waals surface area contributed by atoms with Crippen LogP contribution < -0.4 is 0 Å². The molecule has 0 radical (unpaired) electrons. The fourth-order valence-electron chi connectivity index (χ4n) is 1.71. The second-order valence-corrected chi connectivity index (χ2v) is 5.50. The predicted octanol–water partition coefficient (Wildman–Crippen LogP) is 4.83. The zero-order chi connectivity index (χ0) is 14.2. The summed E-state index contributed by atoms with van der Waals surface area (Å²) in [6.45, 7) is 3.91. The van der Waals surface area contributed by atoms with Gasteiger partial charge in [0, 0.05) is 0 Å². The summed E-state index contributed by atoms with van der Waals surface area (Å²) < 4.78 is 1.50. The van der Waals surface area contributed by atoms with Gasteiger partial charge >= 0.3 is 0 Å². The molecule has 0 saturated heterocycles. The molecule has 2 aromatic rings. The Morgan fingerprint density at radius 3 is 2.37 bits per heavy atom. The van der Waals surface area contributed by atoms with Crippen molar-refractivity contribution in [2.75, 3.05) is 0 Å². The quantitative estimate of drug-likeness (QED) is 0.797. The molecule has 1 heterocycles. The number of hydrogen-bond acceptors (Lipinski definition) is 2. The monoisotopic (exact) mass is 313 g/mol. The Morgan fingerprint density at radius 2 is 1.89 bits per heavy atom. The zero-order valence-corrected chi connectivity index (χ0v) is 12.6. The average Bonchev–Trinajstić information content (AvgIpc) is 2.70. The van der Waals surface area contributed by atoms with Gasteiger partial charge in [-0.2, -0.15) is 10.4 Å². The first-order chi connectivity index (χ1) is 8.95. The summed E-state index contributed by atoms with van der Waals surface area (Å²) in [6.07, 6.45) is 0. The van der Waals surface area contributed by atoms with Gasteiger partial charge in [0.15, 0.2) is 5.15 Å². The minimum Gasteiger partial charge on any atom is -0.220 e. The molecule has 1 aromatic carbocycles. The molecular formula is C13H10Cl3N3. The number of nitrogens with zero attached hydrogens (tertiary/aromatic N) is 3. The summed E-state index contributed by atoms with van der Waals surface area (Å²) in [5, 5.41) is 14.7. The van der Waals surface area contributed by atoms with Crippen LogP contribution in [0.25, 0.3) is 5.69 Å². The van der Waals surface area contributed by atoms with E-state index in [1.54, 1.807) is 18.2 Å². The number of halogens is 3. The average molecular weight is 315 g/mol. The normalized spacial score (nSPS) is 10.8. The van der Waals surface area contributed by atoms with Gasteiger partial charge in [0.25, 0.3) is 0 Å². The van der Waals surface area contributed by atoms with E-state index in [0.29, 0.717) is 27.0 Å². The van der Waals surface area contributed by atoms with Crippen molar-refractivity contribution in [1.82, 2.24) is 9.78 Å². The molecular weight excluding hydrogens is 305 g/mol. The highest BCUT2D eigenvalue weighted by Crippen LogP contribution is 2.30. The predicted molar refractivity (Wildman–Crippen MR) is 77.4 cm³/mol. The van der Waals surface area contributed by atoms with Gasteiger partial charge in [-0.05, 0) is 24.1 Å². The van der Waals surface area contributed by atoms with E-state index in [1.165, 1.54) is 4.68 Å². The van der Waals surface area contributed by atoms with E-state index in [1.807, 2.05) is 13.8 Å². The van der Waals surface area contributed by atoms with E-state index in [2.05, 4.69) is 11.2 Å². The molecule has 0 amide bonds. The molecule has 19 heavy (non-hydrogen) atoms. The molecule has 6 heteroatoms. The van der Waals surface area contributed by atoms with E-state index < -0.39 is 0 Å². The Balaban J connectivity index is 2.63. The second-order valence-electron chi connectivity index (χ2n) is 4.33. The summed E-state index contributed by atoms with van der Waals surface area (Å²) in [7, 11) is 0. The fourth-order valence-corrected chi connectivity index (χ4v) is 2.28. The largest absolute Gasteiger partial charge is 0.220 e. The molecule has 0 N–H and O–H groups in total. The third-order valence-electron chi connectivity index (χ3n) is 2.66. The van der Waals surface area contributed by atoms with Crippen molar-refractivity contribution in [2.24, 2.45) is 0 Å². The van der Waals surface area contributed by atoms with Gasteiger partial charge in [-0.25, -0.2) is 4.68 Å². The van der Waals surface area contributed by atoms with E-state index >= 15 is 0 Å². The van der Waals surface area contributed by atoms with Gasteiger partial charge in [0.05, 0.1) is 21.4 Å². The first kappa shape index (κ1) is 14.2. The highest BCUT2D eigenvalue weighted by Gasteiger charge is 2.19. The third kappa shape index (κ3) is 2.57. The highest BCUT2D eigenvalue weighted by atomic mass is 35.5. The number of benzene rings is 1. The number of hydrogen-bond donors (Lipinski definition) is 0. The van der Waals surface area contributed by atoms with Crippen LogP contribution in [0.3, 0.4) is 0 Å². The lowest BCUT2D eigenvalue weighted by Gasteiger charge is -2.04. The van der Waals surface area contributed by atoms with Crippen molar-refractivity contribution >= 4 is 34.8 Å². The summed E-state index contributed by atoms with van der Waals surface area (Å²) in [5.41, 5.74) is 1.73. The third-order valence-corrected chi connectivity index (χ3v) is 3.75. The Morgan fingerprint density at radius 1 is 1.21 bits per heavy atom. The molecule has 0 unspecified atom stereocenters. The molecule has 0 aliphatic rings. The second kappa shape index (κ2) is 5.42. The van der Waals surface area contributed by atoms with Crippen molar-refractivity contribution < 1.29 is 0 Å². The molecule has 0 atom stereocenters. The topological polar surface area (TPSA) is 41.6 Å². The van der Waals surface area contributed by atoms with Gasteiger partial charge in [0.1, 0.15) is 11.6 Å². The van der Waals surface area contributed by atoms with Crippen molar-refractivity contribution in [2.45, 2.75) is 19.8 Å². The van der Waals surface area contributed by atoms with E-state index in [9.17, 15) is 5.26 Å². The minimum atomic E-state index is 0.108. The molecule has 1 aromatic heterocycles. The first-order valence-electron chi connectivity index (χ1n) is 5.59. The lowest BCUT2D eigenvalue weighted by molar-refractivity contribution is 0.767. The molecule has 98 valence electrons. The number of rotatable bonds is 2. The summed E-state index contributed by atoms with van der Waals surface area (Å²) in [5.74, 6) is 0.108. The maximum absolute atomic E-state index is 9.17. The maximum atomic E-state index is 9.17. The summed E-state index contributed by atoms with van der Waals surface area (Å²) >= 11 is 18.1. The number of nitriles is 1. The minimum absolute atomic E-state index is 0.108. The Labute approximate surface area is 126 Å². The molecule has 0 aliphatic carbocycles. The first-order valence-corrected chi connectivity index (χ1v) is 6.73. The van der Waals surface area contributed by atoms with Crippen LogP contribution in [0.15, 0.2) is 18.2 Å². The zero-order valence-electron chi connectivity index (χ0n) is 10.3. The number of aromatic nitrogens is 2. The Bertz CT molecular complexity index is 669. The van der Waals surface area contributed by atoms with Crippen molar-refractivity contribution in [1.29, 1.82) is 5.26 Å². The molecule has 0 saturated carbocycles. The van der Waals surface area contributed by atoms with Gasteiger partial charge in [-0.15, -0.1) is 0 Å². The van der Waals surface area contributed by atoms with Crippen LogP contribution in [0.2, 0.25) is 15.2 Å². The van der Waals surface area contributed by atoms with E-state index in [-0.39, 0.29) is 11.1 Å². The SMILES string of the molecule is CC(C)c1nn(-c2ccc(Cl)c(Cl)c2)c(Cl)c1C#N. The standard InChI is InChI=1S/C13H10Cl3N3/c1-7(2)12-9(6-17)13(16)19(18-12)8-3-4-10(14)11(15)5-8/h3-5,7H,1-2H3. The van der Waals surface area contributed by atoms with Crippen molar-refractivity contribution in [3.63, 3.8) is 0 Å². The van der Waals surface area contributed by atoms with Crippen LogP contribution >= 0.6 is 34.8 Å². The molecule has 0 aliphatic heterocycles. The molecule has 0 bridgehead atoms. The van der Waals surface area contributed by atoms with E-state index in [0.717, 1.165) is 0 Å². The van der Waals surface area contributed by atoms with Crippen LogP contribution in [0.5, 0.6) is 0 Å². The van der Waals surface area contributed by atoms with Crippen LogP contribution in [-0.4, -0.2) is 9.78 Å². The van der Waals surface area contributed by atoms with Gasteiger partial charge in [0.2, 0.25) is 0 Å². The smallest absolute Gasteiger partial charge is 0.150 e. The van der Waals surface area contributed by atoms with E-state index in [4.69, 9.17) is 34.8 Å². The lowest BCUT2D eigenvalue weighted by Crippen LogP contribution is -1.98. The van der Waals surface area contributed by atoms with Crippen LogP contribution in [0.4, 0.5) is 0 Å². The molecule has 2 rings (SSSR count). The van der Waals surface area contributed by atoms with Crippen LogP contribution in [0.1, 0.15) is 31.0 Å². The van der Waals surface area contributed by atoms with Gasteiger partial charge in [-0.3, -0.25) is 0 Å². The molecule has 3 nitrogen and oxygen atoms in total. The highest BCUT2D eigenvalue weighted by molar-refractivity contribution is 6.42. The fraction of sp³-hybridized carbons (Fsp3) is 0.231. The summed E-state index contributed by atoms with van der Waals surface area (Å²) in [4.78, 5) is 0. The molecule has 0 spiro atoms. The van der Waals surface area contributed by atoms with Crippen LogP contribution in [-0.2, 0) is 0 Å². The lowest BCUT2D eigenvalue weighted by atomic mass is 10.1. The summed E-state index contributed by atoms with van der Waals surface area (Å²) in [6, 6.07) is 7.16. The van der Waals surface area contributed by atoms with Crippen molar-refractivity contribution in [3.8, 4) is 11.8 Å². The maximum Gasteiger partial charge on any atom is 0.150 e.